The van der Waals surface area contributed by atoms with Crippen LogP contribution in [-0.2, 0) is 4.74 Å². The summed E-state index contributed by atoms with van der Waals surface area (Å²) < 4.78 is 48.9. The first-order valence-electron chi connectivity index (χ1n) is 10.4. The number of halogens is 5. The molecule has 1 aliphatic carbocycles. The summed E-state index contributed by atoms with van der Waals surface area (Å²) in [6, 6.07) is 14.4. The van der Waals surface area contributed by atoms with E-state index in [1.54, 1.807) is 18.2 Å². The maximum Gasteiger partial charge on any atom is 0.403 e. The van der Waals surface area contributed by atoms with Crippen molar-refractivity contribution in [1.82, 2.24) is 15.0 Å². The average molecular weight is 495 g/mol. The Morgan fingerprint density at radius 3 is 2.39 bits per heavy atom. The Bertz CT molecular complexity index is 1230. The smallest absolute Gasteiger partial charge is 0.403 e. The van der Waals surface area contributed by atoms with Crippen molar-refractivity contribution >= 4 is 29.1 Å². The number of alkyl halides is 3. The summed E-state index contributed by atoms with van der Waals surface area (Å²) in [6.07, 6.45) is -4.97. The zero-order chi connectivity index (χ0) is 23.4. The Balaban J connectivity index is 1.57. The summed E-state index contributed by atoms with van der Waals surface area (Å²) in [7, 11) is 0. The quantitative estimate of drug-likeness (QED) is 0.432. The summed E-state index contributed by atoms with van der Waals surface area (Å²) in [6.45, 7) is 1.82. The highest BCUT2D eigenvalue weighted by atomic mass is 35.5. The molecule has 2 aliphatic rings. The van der Waals surface area contributed by atoms with Gasteiger partial charge in [-0.3, -0.25) is 9.99 Å². The highest BCUT2D eigenvalue weighted by Gasteiger charge is 2.64. The topological polar surface area (TPSA) is 51.4 Å². The molecule has 1 fully saturated rings. The Morgan fingerprint density at radius 1 is 1.09 bits per heavy atom. The van der Waals surface area contributed by atoms with E-state index in [1.165, 1.54) is 0 Å². The molecule has 2 aromatic carbocycles. The molecule has 1 aromatic heterocycles. The molecular weight excluding hydrogens is 476 g/mol. The number of hydrogen-bond acceptors (Lipinski definition) is 4. The number of hydrogen-bond donors (Lipinski definition) is 1. The molecule has 0 spiro atoms. The van der Waals surface area contributed by atoms with Crippen molar-refractivity contribution < 1.29 is 17.9 Å². The van der Waals surface area contributed by atoms with Gasteiger partial charge < -0.3 is 4.74 Å². The van der Waals surface area contributed by atoms with E-state index in [4.69, 9.17) is 32.9 Å². The minimum Gasteiger partial charge on any atom is -0.448 e. The van der Waals surface area contributed by atoms with Gasteiger partial charge in [-0.2, -0.15) is 13.2 Å². The third-order valence-electron chi connectivity index (χ3n) is 6.26. The maximum atomic E-state index is 13.8. The van der Waals surface area contributed by atoms with E-state index in [0.717, 1.165) is 5.69 Å². The largest absolute Gasteiger partial charge is 0.448 e. The van der Waals surface area contributed by atoms with Crippen LogP contribution in [0.1, 0.15) is 36.9 Å². The van der Waals surface area contributed by atoms with Crippen molar-refractivity contribution in [3.63, 3.8) is 0 Å². The first-order valence-corrected chi connectivity index (χ1v) is 11.1. The van der Waals surface area contributed by atoms with Crippen LogP contribution in [0.3, 0.4) is 0 Å². The van der Waals surface area contributed by atoms with E-state index in [1.807, 2.05) is 41.8 Å². The van der Waals surface area contributed by atoms with Crippen molar-refractivity contribution in [3.05, 3.63) is 70.0 Å². The van der Waals surface area contributed by atoms with Crippen LogP contribution in [-0.4, -0.2) is 21.6 Å². The second-order valence-corrected chi connectivity index (χ2v) is 9.02. The van der Waals surface area contributed by atoms with Crippen LogP contribution in [0.15, 0.2) is 53.6 Å². The Morgan fingerprint density at radius 2 is 1.79 bits per heavy atom. The number of benzene rings is 2. The van der Waals surface area contributed by atoms with Crippen LogP contribution in [0.2, 0.25) is 10.0 Å². The van der Waals surface area contributed by atoms with E-state index in [0.29, 0.717) is 39.2 Å². The lowest BCUT2D eigenvalue weighted by atomic mass is 9.68. The van der Waals surface area contributed by atoms with Crippen molar-refractivity contribution in [1.29, 1.82) is 0 Å². The highest BCUT2D eigenvalue weighted by Crippen LogP contribution is 2.55. The summed E-state index contributed by atoms with van der Waals surface area (Å²) in [5, 5.41) is 5.01. The van der Waals surface area contributed by atoms with Crippen molar-refractivity contribution in [2.24, 2.45) is 10.5 Å². The summed E-state index contributed by atoms with van der Waals surface area (Å²) in [5.41, 5.74) is 3.23. The molecule has 0 amide bonds. The van der Waals surface area contributed by atoms with E-state index in [-0.39, 0.29) is 18.7 Å². The Kier molecular flexibility index (Phi) is 5.33. The fourth-order valence-corrected chi connectivity index (χ4v) is 4.61. The van der Waals surface area contributed by atoms with Gasteiger partial charge in [0.05, 0.1) is 5.02 Å². The molecule has 0 radical (unpaired) electrons. The van der Waals surface area contributed by atoms with E-state index in [2.05, 4.69) is 10.5 Å². The standard InChI is InChI=1S/C23H19Cl2F3N4O/c1-13-18(20-30-31-21(33-20)22(11-4-12-22)23(26,27)28)29-19(16-5-2-3-6-17(16)25)32(13)15-9-7-14(24)8-10-15/h2-3,5-10,20,30H,4,11-12H2,1H3. The Hall–Kier alpha value is -2.71. The van der Waals surface area contributed by atoms with Gasteiger partial charge in [0.1, 0.15) is 16.9 Å². The molecule has 5 nitrogen and oxygen atoms in total. The highest BCUT2D eigenvalue weighted by molar-refractivity contribution is 6.33. The molecule has 3 aromatic rings. The van der Waals surface area contributed by atoms with Gasteiger partial charge in [-0.25, -0.2) is 4.98 Å². The molecule has 1 aliphatic heterocycles. The lowest BCUT2D eigenvalue weighted by Gasteiger charge is -2.41. The molecule has 2 heterocycles. The number of rotatable bonds is 4. The van der Waals surface area contributed by atoms with Gasteiger partial charge in [0, 0.05) is 22.0 Å². The summed E-state index contributed by atoms with van der Waals surface area (Å²) >= 11 is 12.5. The normalized spacial score (nSPS) is 19.5. The predicted molar refractivity (Wildman–Crippen MR) is 120 cm³/mol. The third kappa shape index (κ3) is 3.56. The summed E-state index contributed by atoms with van der Waals surface area (Å²) in [4.78, 5) is 4.75. The van der Waals surface area contributed by atoms with Gasteiger partial charge in [-0.1, -0.05) is 41.8 Å². The number of imidazole rings is 1. The number of aromatic nitrogens is 2. The van der Waals surface area contributed by atoms with Gasteiger partial charge in [0.2, 0.25) is 12.1 Å². The predicted octanol–water partition coefficient (Wildman–Crippen LogP) is 6.82. The van der Waals surface area contributed by atoms with E-state index < -0.39 is 17.8 Å². The lowest BCUT2D eigenvalue weighted by Crippen LogP contribution is -2.50. The van der Waals surface area contributed by atoms with Crippen LogP contribution in [0.5, 0.6) is 0 Å². The number of nitrogens with zero attached hydrogens (tertiary/aromatic N) is 3. The first kappa shape index (κ1) is 22.1. The second kappa shape index (κ2) is 7.95. The summed E-state index contributed by atoms with van der Waals surface area (Å²) in [5.74, 6) is 0.203. The Labute approximate surface area is 198 Å². The molecule has 172 valence electrons. The molecule has 0 bridgehead atoms. The first-order chi connectivity index (χ1) is 15.7. The van der Waals surface area contributed by atoms with Crippen LogP contribution in [0, 0.1) is 12.3 Å². The molecule has 1 saturated carbocycles. The van der Waals surface area contributed by atoms with Gasteiger partial charge >= 0.3 is 6.18 Å². The molecule has 5 rings (SSSR count). The van der Waals surface area contributed by atoms with Crippen LogP contribution in [0.4, 0.5) is 13.2 Å². The molecule has 1 N–H and O–H groups in total. The van der Waals surface area contributed by atoms with Crippen LogP contribution < -0.4 is 5.43 Å². The van der Waals surface area contributed by atoms with E-state index in [9.17, 15) is 13.2 Å². The SMILES string of the molecule is Cc1c(C2NN=C(C3(C(F)(F)F)CCC3)O2)nc(-c2ccccc2Cl)n1-c1ccc(Cl)cc1. The lowest BCUT2D eigenvalue weighted by molar-refractivity contribution is -0.226. The van der Waals surface area contributed by atoms with Crippen molar-refractivity contribution in [3.8, 4) is 17.1 Å². The maximum absolute atomic E-state index is 13.8. The molecule has 33 heavy (non-hydrogen) atoms. The number of hydrazone groups is 1. The van der Waals surface area contributed by atoms with Gasteiger partial charge in [0.15, 0.2) is 0 Å². The second-order valence-electron chi connectivity index (χ2n) is 8.18. The minimum absolute atomic E-state index is 0.0349. The fraction of sp³-hybridized carbons (Fsp3) is 0.304. The molecule has 0 saturated heterocycles. The third-order valence-corrected chi connectivity index (χ3v) is 6.85. The number of ether oxygens (including phenoxy) is 1. The molecule has 1 atom stereocenters. The molecule has 10 heteroatoms. The number of nitrogens with one attached hydrogen (secondary N) is 1. The zero-order valence-electron chi connectivity index (χ0n) is 17.5. The van der Waals surface area contributed by atoms with Gasteiger partial charge in [-0.15, -0.1) is 5.10 Å². The fourth-order valence-electron chi connectivity index (χ4n) is 4.26. The average Bonchev–Trinajstić information content (AvgIpc) is 3.32. The monoisotopic (exact) mass is 494 g/mol. The van der Waals surface area contributed by atoms with Crippen LogP contribution in [0.25, 0.3) is 17.1 Å². The van der Waals surface area contributed by atoms with Crippen LogP contribution >= 0.6 is 23.2 Å². The molecular formula is C23H19Cl2F3N4O. The van der Waals surface area contributed by atoms with Crippen molar-refractivity contribution in [2.75, 3.05) is 0 Å². The minimum atomic E-state index is -4.43. The van der Waals surface area contributed by atoms with E-state index >= 15 is 0 Å². The van der Waals surface area contributed by atoms with Gasteiger partial charge in [0.25, 0.3) is 0 Å². The van der Waals surface area contributed by atoms with Crippen molar-refractivity contribution in [2.45, 2.75) is 38.6 Å². The van der Waals surface area contributed by atoms with Gasteiger partial charge in [-0.05, 0) is 56.2 Å². The molecule has 1 unspecified atom stereocenters. The zero-order valence-corrected chi connectivity index (χ0v) is 19.0.